The maximum Gasteiger partial charge on any atom is 0.251 e. The lowest BCUT2D eigenvalue weighted by Gasteiger charge is -2.35. The number of carbonyl (C=O) groups excluding carboxylic acids is 1. The quantitative estimate of drug-likeness (QED) is 0.680. The number of ether oxygens (including phenoxy) is 1. The standard InChI is InChI=1S/C25H29N3O2/c29-25(19-10-11-23-21(16-19)20-8-4-5-9-22(20)27-23)26-17-24(18-6-2-1-3-7-18)28-12-14-30-15-13-28/h1-3,6-7,10-11,16,24,27H,4-5,8-9,12-15,17H2,(H,26,29). The van der Waals surface area contributed by atoms with Crippen molar-refractivity contribution in [3.63, 3.8) is 0 Å². The fourth-order valence-corrected chi connectivity index (χ4v) is 4.86. The fourth-order valence-electron chi connectivity index (χ4n) is 4.86. The van der Waals surface area contributed by atoms with Crippen LogP contribution in [0.1, 0.15) is 46.1 Å². The molecule has 30 heavy (non-hydrogen) atoms. The highest BCUT2D eigenvalue weighted by Gasteiger charge is 2.23. The summed E-state index contributed by atoms with van der Waals surface area (Å²) in [7, 11) is 0. The molecule has 1 saturated heterocycles. The maximum atomic E-state index is 13.0. The molecule has 1 amide bonds. The lowest BCUT2D eigenvalue weighted by atomic mass is 9.95. The van der Waals surface area contributed by atoms with Crippen molar-refractivity contribution in [3.8, 4) is 0 Å². The summed E-state index contributed by atoms with van der Waals surface area (Å²) < 4.78 is 5.53. The number of aromatic amines is 1. The smallest absolute Gasteiger partial charge is 0.251 e. The molecular weight excluding hydrogens is 374 g/mol. The molecule has 0 spiro atoms. The normalized spacial score (nSPS) is 18.1. The average molecular weight is 404 g/mol. The van der Waals surface area contributed by atoms with Crippen molar-refractivity contribution < 1.29 is 9.53 Å². The molecule has 1 aromatic heterocycles. The summed E-state index contributed by atoms with van der Waals surface area (Å²) in [6.07, 6.45) is 4.70. The average Bonchev–Trinajstić information content (AvgIpc) is 3.18. The summed E-state index contributed by atoms with van der Waals surface area (Å²) in [5.74, 6) is -0.00292. The summed E-state index contributed by atoms with van der Waals surface area (Å²) in [6, 6.07) is 16.7. The first-order valence-electron chi connectivity index (χ1n) is 11.1. The van der Waals surface area contributed by atoms with Crippen LogP contribution in [0.4, 0.5) is 0 Å². The Morgan fingerprint density at radius 3 is 2.70 bits per heavy atom. The van der Waals surface area contributed by atoms with Crippen LogP contribution < -0.4 is 5.32 Å². The van der Waals surface area contributed by atoms with Gasteiger partial charge in [0.1, 0.15) is 0 Å². The van der Waals surface area contributed by atoms with E-state index in [1.54, 1.807) is 0 Å². The van der Waals surface area contributed by atoms with E-state index in [0.29, 0.717) is 6.54 Å². The molecule has 1 fully saturated rings. The number of rotatable bonds is 5. The van der Waals surface area contributed by atoms with E-state index in [4.69, 9.17) is 4.74 Å². The second-order valence-corrected chi connectivity index (χ2v) is 8.33. The van der Waals surface area contributed by atoms with Gasteiger partial charge in [-0.2, -0.15) is 0 Å². The third kappa shape index (κ3) is 3.87. The number of nitrogens with one attached hydrogen (secondary N) is 2. The number of aryl methyl sites for hydroxylation is 2. The molecule has 3 aromatic rings. The number of hydrogen-bond acceptors (Lipinski definition) is 3. The molecule has 0 radical (unpaired) electrons. The summed E-state index contributed by atoms with van der Waals surface area (Å²) in [6.45, 7) is 3.85. The van der Waals surface area contributed by atoms with Crippen molar-refractivity contribution in [2.75, 3.05) is 32.8 Å². The third-order valence-corrected chi connectivity index (χ3v) is 6.49. The number of H-pyrrole nitrogens is 1. The van der Waals surface area contributed by atoms with Crippen LogP contribution in [0.25, 0.3) is 10.9 Å². The molecule has 1 atom stereocenters. The number of benzene rings is 2. The predicted octanol–water partition coefficient (Wildman–Crippen LogP) is 3.85. The number of morpholine rings is 1. The summed E-state index contributed by atoms with van der Waals surface area (Å²) in [5, 5.41) is 4.41. The Labute approximate surface area is 177 Å². The van der Waals surface area contributed by atoms with E-state index < -0.39 is 0 Å². The largest absolute Gasteiger partial charge is 0.379 e. The SMILES string of the molecule is O=C(NCC(c1ccccc1)N1CCOCC1)c1ccc2[nH]c3c(c2c1)CCCC3. The highest BCUT2D eigenvalue weighted by Crippen LogP contribution is 2.30. The molecule has 2 heterocycles. The monoisotopic (exact) mass is 403 g/mol. The van der Waals surface area contributed by atoms with Gasteiger partial charge < -0.3 is 15.0 Å². The molecule has 5 rings (SSSR count). The van der Waals surface area contributed by atoms with Gasteiger partial charge in [-0.15, -0.1) is 0 Å². The summed E-state index contributed by atoms with van der Waals surface area (Å²) >= 11 is 0. The second-order valence-electron chi connectivity index (χ2n) is 8.33. The van der Waals surface area contributed by atoms with Crippen molar-refractivity contribution >= 4 is 16.8 Å². The van der Waals surface area contributed by atoms with E-state index in [2.05, 4.69) is 51.6 Å². The Balaban J connectivity index is 1.34. The van der Waals surface area contributed by atoms with E-state index in [9.17, 15) is 4.79 Å². The number of hydrogen-bond donors (Lipinski definition) is 2. The minimum absolute atomic E-state index is 0.00292. The van der Waals surface area contributed by atoms with Crippen molar-refractivity contribution in [2.24, 2.45) is 0 Å². The zero-order chi connectivity index (χ0) is 20.3. The van der Waals surface area contributed by atoms with Gasteiger partial charge in [-0.05, 0) is 55.0 Å². The van der Waals surface area contributed by atoms with Gasteiger partial charge in [0.05, 0.1) is 19.3 Å². The van der Waals surface area contributed by atoms with Crippen LogP contribution in [-0.4, -0.2) is 48.6 Å². The predicted molar refractivity (Wildman–Crippen MR) is 119 cm³/mol. The first-order valence-corrected chi connectivity index (χ1v) is 11.1. The van der Waals surface area contributed by atoms with E-state index >= 15 is 0 Å². The van der Waals surface area contributed by atoms with Gasteiger partial charge in [-0.25, -0.2) is 0 Å². The van der Waals surface area contributed by atoms with E-state index in [1.807, 2.05) is 12.1 Å². The molecular formula is C25H29N3O2. The highest BCUT2D eigenvalue weighted by atomic mass is 16.5. The van der Waals surface area contributed by atoms with E-state index in [0.717, 1.165) is 50.2 Å². The Kier molecular flexibility index (Phi) is 5.56. The zero-order valence-electron chi connectivity index (χ0n) is 17.3. The van der Waals surface area contributed by atoms with Gasteiger partial charge in [0, 0.05) is 41.8 Å². The van der Waals surface area contributed by atoms with Crippen molar-refractivity contribution in [3.05, 3.63) is 70.9 Å². The first-order chi connectivity index (χ1) is 14.8. The van der Waals surface area contributed by atoms with Crippen LogP contribution in [0, 0.1) is 0 Å². The van der Waals surface area contributed by atoms with Gasteiger partial charge in [0.2, 0.25) is 0 Å². The molecule has 2 N–H and O–H groups in total. The first kappa shape index (κ1) is 19.3. The Morgan fingerprint density at radius 2 is 1.87 bits per heavy atom. The number of carbonyl (C=O) groups is 1. The summed E-state index contributed by atoms with van der Waals surface area (Å²) in [5.41, 5.74) is 5.87. The van der Waals surface area contributed by atoms with Gasteiger partial charge in [0.25, 0.3) is 5.91 Å². The van der Waals surface area contributed by atoms with Crippen molar-refractivity contribution in [1.29, 1.82) is 0 Å². The molecule has 0 bridgehead atoms. The van der Waals surface area contributed by atoms with Crippen LogP contribution in [0.5, 0.6) is 0 Å². The number of amides is 1. The van der Waals surface area contributed by atoms with E-state index in [1.165, 1.54) is 35.0 Å². The molecule has 1 unspecified atom stereocenters. The molecule has 2 aliphatic rings. The van der Waals surface area contributed by atoms with Crippen LogP contribution in [0.2, 0.25) is 0 Å². The molecule has 1 aliphatic heterocycles. The maximum absolute atomic E-state index is 13.0. The van der Waals surface area contributed by atoms with Crippen molar-refractivity contribution in [1.82, 2.24) is 15.2 Å². The molecule has 156 valence electrons. The van der Waals surface area contributed by atoms with Crippen LogP contribution >= 0.6 is 0 Å². The molecule has 2 aromatic carbocycles. The lowest BCUT2D eigenvalue weighted by molar-refractivity contribution is 0.0162. The van der Waals surface area contributed by atoms with E-state index in [-0.39, 0.29) is 11.9 Å². The molecule has 0 saturated carbocycles. The molecule has 5 heteroatoms. The Bertz CT molecular complexity index is 1020. The van der Waals surface area contributed by atoms with Gasteiger partial charge in [-0.1, -0.05) is 30.3 Å². The van der Waals surface area contributed by atoms with Gasteiger partial charge in [0.15, 0.2) is 0 Å². The Hall–Kier alpha value is -2.63. The fraction of sp³-hybridized carbons (Fsp3) is 0.400. The van der Waals surface area contributed by atoms with Crippen LogP contribution in [-0.2, 0) is 17.6 Å². The molecule has 5 nitrogen and oxygen atoms in total. The van der Waals surface area contributed by atoms with Gasteiger partial charge in [-0.3, -0.25) is 9.69 Å². The topological polar surface area (TPSA) is 57.4 Å². The lowest BCUT2D eigenvalue weighted by Crippen LogP contribution is -2.43. The van der Waals surface area contributed by atoms with Gasteiger partial charge >= 0.3 is 0 Å². The second kappa shape index (κ2) is 8.62. The number of fused-ring (bicyclic) bond motifs is 3. The minimum Gasteiger partial charge on any atom is -0.379 e. The number of aromatic nitrogens is 1. The molecule has 1 aliphatic carbocycles. The highest BCUT2D eigenvalue weighted by molar-refractivity contribution is 5.99. The third-order valence-electron chi connectivity index (χ3n) is 6.49. The number of nitrogens with zero attached hydrogens (tertiary/aromatic N) is 1. The Morgan fingerprint density at radius 1 is 1.07 bits per heavy atom. The van der Waals surface area contributed by atoms with Crippen molar-refractivity contribution in [2.45, 2.75) is 31.7 Å². The summed E-state index contributed by atoms with van der Waals surface area (Å²) in [4.78, 5) is 19.0. The van der Waals surface area contributed by atoms with Crippen LogP contribution in [0.15, 0.2) is 48.5 Å². The zero-order valence-corrected chi connectivity index (χ0v) is 17.3. The van der Waals surface area contributed by atoms with Crippen LogP contribution in [0.3, 0.4) is 0 Å². The minimum atomic E-state index is -0.00292.